The summed E-state index contributed by atoms with van der Waals surface area (Å²) in [5, 5.41) is 5.25. The summed E-state index contributed by atoms with van der Waals surface area (Å²) in [6.45, 7) is 3.61. The Balaban J connectivity index is 2.06. The monoisotopic (exact) mass is 403 g/mol. The highest BCUT2D eigenvalue weighted by Crippen LogP contribution is 2.23. The molecule has 0 aliphatic heterocycles. The van der Waals surface area contributed by atoms with Crippen LogP contribution in [0.25, 0.3) is 0 Å². The molecule has 2 rings (SSSR count). The molecule has 2 aromatic rings. The summed E-state index contributed by atoms with van der Waals surface area (Å²) in [4.78, 5) is 24.5. The molecule has 0 heterocycles. The number of aryl methyl sites for hydroxylation is 1. The minimum Gasteiger partial charge on any atom is -0.350 e. The molecule has 0 saturated carbocycles. The van der Waals surface area contributed by atoms with Gasteiger partial charge in [-0.1, -0.05) is 30.3 Å². The van der Waals surface area contributed by atoms with Gasteiger partial charge in [-0.3, -0.25) is 9.59 Å². The molecule has 0 aliphatic rings. The minimum atomic E-state index is -3.68. The van der Waals surface area contributed by atoms with E-state index >= 15 is 0 Å². The predicted octanol–water partition coefficient (Wildman–Crippen LogP) is 1.60. The Morgan fingerprint density at radius 2 is 1.64 bits per heavy atom. The number of carbonyl (C=O) groups excluding carboxylic acids is 2. The second kappa shape index (κ2) is 8.99. The lowest BCUT2D eigenvalue weighted by Crippen LogP contribution is -2.36. The molecule has 0 atom stereocenters. The van der Waals surface area contributed by atoms with Gasteiger partial charge in [0.1, 0.15) is 0 Å². The number of hydrogen-bond donors (Lipinski definition) is 2. The van der Waals surface area contributed by atoms with Crippen LogP contribution in [0.5, 0.6) is 0 Å². The van der Waals surface area contributed by atoms with Crippen molar-refractivity contribution in [3.8, 4) is 0 Å². The Hall–Kier alpha value is -2.71. The van der Waals surface area contributed by atoms with Crippen molar-refractivity contribution < 1.29 is 18.0 Å². The van der Waals surface area contributed by atoms with Crippen molar-refractivity contribution in [1.29, 1.82) is 0 Å². The smallest absolute Gasteiger partial charge is 0.251 e. The Bertz CT molecular complexity index is 970. The van der Waals surface area contributed by atoms with Crippen LogP contribution in [0.1, 0.15) is 27.0 Å². The zero-order valence-electron chi connectivity index (χ0n) is 16.4. The molecule has 0 unspecified atom stereocenters. The summed E-state index contributed by atoms with van der Waals surface area (Å²) in [6, 6.07) is 12.4. The van der Waals surface area contributed by atoms with Crippen molar-refractivity contribution in [3.05, 3.63) is 64.7 Å². The number of carbonyl (C=O) groups is 2. The van der Waals surface area contributed by atoms with E-state index in [9.17, 15) is 18.0 Å². The van der Waals surface area contributed by atoms with E-state index in [2.05, 4.69) is 10.6 Å². The molecule has 28 heavy (non-hydrogen) atoms. The van der Waals surface area contributed by atoms with Crippen molar-refractivity contribution >= 4 is 21.8 Å². The largest absolute Gasteiger partial charge is 0.350 e. The topological polar surface area (TPSA) is 95.6 Å². The Kier molecular flexibility index (Phi) is 6.93. The third-order valence-corrected chi connectivity index (χ3v) is 6.32. The van der Waals surface area contributed by atoms with E-state index in [1.807, 2.05) is 30.3 Å². The van der Waals surface area contributed by atoms with Crippen molar-refractivity contribution in [2.75, 3.05) is 20.6 Å². The summed E-state index contributed by atoms with van der Waals surface area (Å²) in [5.74, 6) is -0.838. The van der Waals surface area contributed by atoms with Crippen LogP contribution < -0.4 is 10.6 Å². The molecule has 0 spiro atoms. The molecule has 2 aromatic carbocycles. The molecular weight excluding hydrogens is 378 g/mol. The van der Waals surface area contributed by atoms with Gasteiger partial charge in [0.05, 0.1) is 11.4 Å². The maximum absolute atomic E-state index is 12.5. The van der Waals surface area contributed by atoms with Gasteiger partial charge in [0.15, 0.2) is 0 Å². The van der Waals surface area contributed by atoms with Gasteiger partial charge in [-0.2, -0.15) is 0 Å². The van der Waals surface area contributed by atoms with Crippen LogP contribution in [-0.4, -0.2) is 45.2 Å². The van der Waals surface area contributed by atoms with Gasteiger partial charge in [0.25, 0.3) is 5.91 Å². The second-order valence-electron chi connectivity index (χ2n) is 6.65. The number of rotatable bonds is 7. The normalized spacial score (nSPS) is 11.3. The average Bonchev–Trinajstić information content (AvgIpc) is 2.66. The van der Waals surface area contributed by atoms with E-state index in [4.69, 9.17) is 0 Å². The van der Waals surface area contributed by atoms with Crippen molar-refractivity contribution in [3.63, 3.8) is 0 Å². The first-order chi connectivity index (χ1) is 13.1. The van der Waals surface area contributed by atoms with Gasteiger partial charge in [-0.15, -0.1) is 0 Å². The lowest BCUT2D eigenvalue weighted by molar-refractivity contribution is -0.120. The number of nitrogens with one attached hydrogen (secondary N) is 2. The van der Waals surface area contributed by atoms with E-state index in [0.717, 1.165) is 9.87 Å². The molecular formula is C20H25N3O4S. The highest BCUT2D eigenvalue weighted by molar-refractivity contribution is 7.89. The van der Waals surface area contributed by atoms with Crippen molar-refractivity contribution in [2.45, 2.75) is 25.3 Å². The van der Waals surface area contributed by atoms with Crippen molar-refractivity contribution in [2.24, 2.45) is 0 Å². The lowest BCUT2D eigenvalue weighted by Gasteiger charge is -2.16. The van der Waals surface area contributed by atoms with Gasteiger partial charge < -0.3 is 10.6 Å². The molecule has 150 valence electrons. The molecule has 0 saturated heterocycles. The summed E-state index contributed by atoms with van der Waals surface area (Å²) in [5.41, 5.74) is 2.42. The lowest BCUT2D eigenvalue weighted by atomic mass is 10.1. The fraction of sp³-hybridized carbons (Fsp3) is 0.300. The molecule has 0 radical (unpaired) electrons. The van der Waals surface area contributed by atoms with E-state index in [0.29, 0.717) is 17.7 Å². The molecule has 0 bridgehead atoms. The Labute approximate surface area is 165 Å². The molecule has 8 heteroatoms. The average molecular weight is 404 g/mol. The quantitative estimate of drug-likeness (QED) is 0.734. The third kappa shape index (κ3) is 5.17. The number of hydrogen-bond acceptors (Lipinski definition) is 4. The van der Waals surface area contributed by atoms with Crippen LogP contribution in [-0.2, 0) is 21.4 Å². The van der Waals surface area contributed by atoms with Crippen LogP contribution in [0.4, 0.5) is 0 Å². The first-order valence-corrected chi connectivity index (χ1v) is 10.2. The van der Waals surface area contributed by atoms with E-state index in [1.165, 1.54) is 20.2 Å². The molecule has 0 fully saturated rings. The first-order valence-electron chi connectivity index (χ1n) is 8.75. The molecule has 2 amide bonds. The maximum Gasteiger partial charge on any atom is 0.251 e. The van der Waals surface area contributed by atoms with Crippen LogP contribution in [0.2, 0.25) is 0 Å². The van der Waals surface area contributed by atoms with Gasteiger partial charge >= 0.3 is 0 Å². The fourth-order valence-corrected chi connectivity index (χ4v) is 3.76. The van der Waals surface area contributed by atoms with E-state index in [-0.39, 0.29) is 22.9 Å². The Morgan fingerprint density at radius 3 is 2.25 bits per heavy atom. The van der Waals surface area contributed by atoms with Crippen LogP contribution in [0.3, 0.4) is 0 Å². The van der Waals surface area contributed by atoms with Crippen molar-refractivity contribution in [1.82, 2.24) is 14.9 Å². The zero-order valence-corrected chi connectivity index (χ0v) is 17.3. The van der Waals surface area contributed by atoms with Crippen LogP contribution in [0.15, 0.2) is 47.4 Å². The summed E-state index contributed by atoms with van der Waals surface area (Å²) in [7, 11) is -0.806. The van der Waals surface area contributed by atoms with E-state index < -0.39 is 15.9 Å². The Morgan fingerprint density at radius 1 is 1.00 bits per heavy atom. The molecule has 0 aromatic heterocycles. The van der Waals surface area contributed by atoms with E-state index in [1.54, 1.807) is 19.9 Å². The fourth-order valence-electron chi connectivity index (χ4n) is 2.54. The zero-order chi connectivity index (χ0) is 20.9. The van der Waals surface area contributed by atoms with Gasteiger partial charge in [-0.25, -0.2) is 12.7 Å². The second-order valence-corrected chi connectivity index (χ2v) is 8.77. The number of amides is 2. The van der Waals surface area contributed by atoms with Gasteiger partial charge in [0.2, 0.25) is 15.9 Å². The van der Waals surface area contributed by atoms with Crippen LogP contribution in [0, 0.1) is 13.8 Å². The standard InChI is InChI=1S/C20H25N3O4S/c1-14-10-17(11-18(15(14)2)28(26,27)23(3)4)20(25)22-13-19(24)21-12-16-8-6-5-7-9-16/h5-11H,12-13H2,1-4H3,(H,21,24)(H,22,25). The minimum absolute atomic E-state index is 0.0798. The highest BCUT2D eigenvalue weighted by Gasteiger charge is 2.23. The van der Waals surface area contributed by atoms with Gasteiger partial charge in [-0.05, 0) is 42.7 Å². The summed E-state index contributed by atoms with van der Waals surface area (Å²) in [6.07, 6.45) is 0. The van der Waals surface area contributed by atoms with Crippen LogP contribution >= 0.6 is 0 Å². The molecule has 2 N–H and O–H groups in total. The number of benzene rings is 2. The third-order valence-electron chi connectivity index (χ3n) is 4.38. The predicted molar refractivity (Wildman–Crippen MR) is 107 cm³/mol. The summed E-state index contributed by atoms with van der Waals surface area (Å²) < 4.78 is 26.1. The molecule has 7 nitrogen and oxygen atoms in total. The SMILES string of the molecule is Cc1cc(C(=O)NCC(=O)NCc2ccccc2)cc(S(=O)(=O)N(C)C)c1C. The first kappa shape index (κ1) is 21.6. The van der Waals surface area contributed by atoms with Gasteiger partial charge in [0, 0.05) is 26.2 Å². The number of sulfonamides is 1. The number of nitrogens with zero attached hydrogens (tertiary/aromatic N) is 1. The summed E-state index contributed by atoms with van der Waals surface area (Å²) >= 11 is 0. The maximum atomic E-state index is 12.5. The molecule has 0 aliphatic carbocycles. The highest BCUT2D eigenvalue weighted by atomic mass is 32.2.